The summed E-state index contributed by atoms with van der Waals surface area (Å²) < 4.78 is 35.2. The summed E-state index contributed by atoms with van der Waals surface area (Å²) in [6.07, 6.45) is -4.20. The topological polar surface area (TPSA) is 79.2 Å². The fourth-order valence-corrected chi connectivity index (χ4v) is 4.02. The number of ether oxygens (including phenoxy) is 2. The SMILES string of the molecule is O=C(O)[C@@]1(Cc2ccccc2)CCN(Cc2ccc3c(c2)OC(F)(F)O3)C[C@@H]1O. The number of carboxylic acids is 1. The number of aliphatic carboxylic acids is 1. The van der Waals surface area contributed by atoms with Crippen molar-refractivity contribution in [3.8, 4) is 11.5 Å². The molecule has 29 heavy (non-hydrogen) atoms. The van der Waals surface area contributed by atoms with E-state index in [1.807, 2.05) is 35.2 Å². The van der Waals surface area contributed by atoms with Gasteiger partial charge in [-0.2, -0.15) is 0 Å². The predicted octanol–water partition coefficient (Wildman–Crippen LogP) is 2.89. The molecule has 0 spiro atoms. The van der Waals surface area contributed by atoms with E-state index in [2.05, 4.69) is 9.47 Å². The fraction of sp³-hybridized carbons (Fsp3) is 0.381. The van der Waals surface area contributed by atoms with Crippen molar-refractivity contribution in [1.29, 1.82) is 0 Å². The van der Waals surface area contributed by atoms with Crippen molar-refractivity contribution < 1.29 is 33.3 Å². The molecule has 2 heterocycles. The number of alkyl halides is 2. The summed E-state index contributed by atoms with van der Waals surface area (Å²) in [5.74, 6) is -1.07. The Balaban J connectivity index is 1.45. The molecule has 0 bridgehead atoms. The number of rotatable bonds is 5. The summed E-state index contributed by atoms with van der Waals surface area (Å²) in [7, 11) is 0. The van der Waals surface area contributed by atoms with Crippen LogP contribution in [0.1, 0.15) is 17.5 Å². The normalized spacial score (nSPS) is 25.7. The molecule has 0 aromatic heterocycles. The highest BCUT2D eigenvalue weighted by atomic mass is 19.3. The molecule has 4 rings (SSSR count). The third kappa shape index (κ3) is 3.90. The second-order valence-electron chi connectivity index (χ2n) is 7.57. The van der Waals surface area contributed by atoms with E-state index < -0.39 is 23.8 Å². The molecule has 2 atom stereocenters. The van der Waals surface area contributed by atoms with Crippen LogP contribution in [0.25, 0.3) is 0 Å². The highest BCUT2D eigenvalue weighted by molar-refractivity contribution is 5.76. The quantitative estimate of drug-likeness (QED) is 0.797. The number of likely N-dealkylation sites (tertiary alicyclic amines) is 1. The standard InChI is InChI=1S/C21H21F2NO5/c22-21(23)28-16-7-6-15(10-17(16)29-21)12-24-9-8-20(19(26)27,18(25)13-24)11-14-4-2-1-3-5-14/h1-7,10,18,25H,8-9,11-13H2,(H,26,27)/t18-,20+/m0/s1. The molecule has 2 aliphatic heterocycles. The van der Waals surface area contributed by atoms with E-state index in [4.69, 9.17) is 0 Å². The van der Waals surface area contributed by atoms with Crippen molar-refractivity contribution in [3.05, 3.63) is 59.7 Å². The van der Waals surface area contributed by atoms with E-state index >= 15 is 0 Å². The third-order valence-corrected chi connectivity index (χ3v) is 5.60. The lowest BCUT2D eigenvalue weighted by atomic mass is 9.71. The minimum Gasteiger partial charge on any atom is -0.481 e. The van der Waals surface area contributed by atoms with Crippen molar-refractivity contribution in [2.45, 2.75) is 31.8 Å². The Labute approximate surface area is 166 Å². The van der Waals surface area contributed by atoms with Crippen LogP contribution in [0.2, 0.25) is 0 Å². The lowest BCUT2D eigenvalue weighted by Crippen LogP contribution is -2.55. The number of fused-ring (bicyclic) bond motifs is 1. The first-order chi connectivity index (χ1) is 13.8. The van der Waals surface area contributed by atoms with Gasteiger partial charge in [-0.3, -0.25) is 9.69 Å². The Morgan fingerprint density at radius 2 is 1.83 bits per heavy atom. The molecule has 154 valence electrons. The molecule has 2 aromatic rings. The van der Waals surface area contributed by atoms with Crippen molar-refractivity contribution in [3.63, 3.8) is 0 Å². The van der Waals surface area contributed by atoms with Crippen LogP contribution in [0, 0.1) is 5.41 Å². The molecule has 2 aliphatic rings. The molecule has 0 unspecified atom stereocenters. The van der Waals surface area contributed by atoms with Gasteiger partial charge in [-0.1, -0.05) is 36.4 Å². The number of benzene rings is 2. The molecule has 2 aromatic carbocycles. The number of carboxylic acid groups (broad SMARTS) is 1. The fourth-order valence-electron chi connectivity index (χ4n) is 4.02. The lowest BCUT2D eigenvalue weighted by Gasteiger charge is -2.43. The monoisotopic (exact) mass is 405 g/mol. The number of aliphatic hydroxyl groups is 1. The molecule has 0 amide bonds. The Kier molecular flexibility index (Phi) is 4.92. The molecular formula is C21H21F2NO5. The van der Waals surface area contributed by atoms with E-state index in [1.54, 1.807) is 6.07 Å². The van der Waals surface area contributed by atoms with Gasteiger partial charge in [-0.25, -0.2) is 0 Å². The molecule has 2 N–H and O–H groups in total. The van der Waals surface area contributed by atoms with Crippen molar-refractivity contribution in [2.24, 2.45) is 5.41 Å². The zero-order valence-electron chi connectivity index (χ0n) is 15.6. The molecule has 8 heteroatoms. The van der Waals surface area contributed by atoms with Gasteiger partial charge in [0.25, 0.3) is 0 Å². The van der Waals surface area contributed by atoms with Gasteiger partial charge >= 0.3 is 12.3 Å². The average molecular weight is 405 g/mol. The molecule has 1 saturated heterocycles. The van der Waals surface area contributed by atoms with Gasteiger partial charge in [0, 0.05) is 13.1 Å². The Bertz CT molecular complexity index is 907. The van der Waals surface area contributed by atoms with Crippen molar-refractivity contribution in [1.82, 2.24) is 4.90 Å². The zero-order valence-corrected chi connectivity index (χ0v) is 15.6. The van der Waals surface area contributed by atoms with E-state index in [0.717, 1.165) is 5.56 Å². The molecule has 6 nitrogen and oxygen atoms in total. The Morgan fingerprint density at radius 1 is 1.10 bits per heavy atom. The number of hydrogen-bond donors (Lipinski definition) is 2. The molecular weight excluding hydrogens is 384 g/mol. The predicted molar refractivity (Wildman–Crippen MR) is 98.8 cm³/mol. The van der Waals surface area contributed by atoms with E-state index in [1.165, 1.54) is 12.1 Å². The van der Waals surface area contributed by atoms with Gasteiger partial charge in [0.1, 0.15) is 5.41 Å². The summed E-state index contributed by atoms with van der Waals surface area (Å²) >= 11 is 0. The lowest BCUT2D eigenvalue weighted by molar-refractivity contribution is -0.286. The van der Waals surface area contributed by atoms with Crippen LogP contribution in [0.4, 0.5) is 8.78 Å². The smallest absolute Gasteiger partial charge is 0.481 e. The van der Waals surface area contributed by atoms with Gasteiger partial charge in [-0.15, -0.1) is 8.78 Å². The maximum atomic E-state index is 13.2. The highest BCUT2D eigenvalue weighted by Gasteiger charge is 2.48. The van der Waals surface area contributed by atoms with Gasteiger partial charge in [0.05, 0.1) is 6.10 Å². The maximum absolute atomic E-state index is 13.2. The summed E-state index contributed by atoms with van der Waals surface area (Å²) in [4.78, 5) is 14.0. The summed E-state index contributed by atoms with van der Waals surface area (Å²) in [5.41, 5.74) is 0.316. The number of nitrogens with zero attached hydrogens (tertiary/aromatic N) is 1. The van der Waals surface area contributed by atoms with Crippen LogP contribution >= 0.6 is 0 Å². The minimum atomic E-state index is -3.67. The van der Waals surface area contributed by atoms with Gasteiger partial charge < -0.3 is 19.7 Å². The van der Waals surface area contributed by atoms with Crippen LogP contribution in [-0.4, -0.2) is 46.6 Å². The summed E-state index contributed by atoms with van der Waals surface area (Å²) in [6.45, 7) is 1.00. The number of hydrogen-bond acceptors (Lipinski definition) is 5. The largest absolute Gasteiger partial charge is 0.586 e. The van der Waals surface area contributed by atoms with E-state index in [0.29, 0.717) is 18.7 Å². The van der Waals surface area contributed by atoms with Crippen LogP contribution in [-0.2, 0) is 17.8 Å². The number of carbonyl (C=O) groups is 1. The number of piperidine rings is 1. The number of aliphatic hydroxyl groups excluding tert-OH is 1. The Hall–Kier alpha value is -2.71. The van der Waals surface area contributed by atoms with E-state index in [9.17, 15) is 23.8 Å². The van der Waals surface area contributed by atoms with Gasteiger partial charge in [-0.05, 0) is 42.6 Å². The van der Waals surface area contributed by atoms with Crippen molar-refractivity contribution in [2.75, 3.05) is 13.1 Å². The van der Waals surface area contributed by atoms with Gasteiger partial charge in [0.2, 0.25) is 0 Å². The molecule has 0 aliphatic carbocycles. The number of halogens is 2. The van der Waals surface area contributed by atoms with Crippen LogP contribution in [0.3, 0.4) is 0 Å². The first kappa shape index (κ1) is 19.6. The van der Waals surface area contributed by atoms with E-state index in [-0.39, 0.29) is 30.9 Å². The zero-order chi connectivity index (χ0) is 20.6. The van der Waals surface area contributed by atoms with Crippen molar-refractivity contribution >= 4 is 5.97 Å². The summed E-state index contributed by atoms with van der Waals surface area (Å²) in [5, 5.41) is 20.6. The maximum Gasteiger partial charge on any atom is 0.586 e. The third-order valence-electron chi connectivity index (χ3n) is 5.60. The van der Waals surface area contributed by atoms with Crippen LogP contribution < -0.4 is 9.47 Å². The average Bonchev–Trinajstić information content (AvgIpc) is 2.98. The highest BCUT2D eigenvalue weighted by Crippen LogP contribution is 2.42. The molecule has 0 saturated carbocycles. The Morgan fingerprint density at radius 3 is 2.52 bits per heavy atom. The first-order valence-electron chi connectivity index (χ1n) is 9.34. The molecule has 0 radical (unpaired) electrons. The first-order valence-corrected chi connectivity index (χ1v) is 9.34. The number of β-amino-alcohol motifs (C(OH)–C–C–N with tert-alkyl or cyclic N) is 1. The minimum absolute atomic E-state index is 0.0230. The van der Waals surface area contributed by atoms with Crippen LogP contribution in [0.5, 0.6) is 11.5 Å². The second kappa shape index (κ2) is 7.27. The molecule has 1 fully saturated rings. The summed E-state index contributed by atoms with van der Waals surface area (Å²) in [6, 6.07) is 13.8. The van der Waals surface area contributed by atoms with Crippen LogP contribution in [0.15, 0.2) is 48.5 Å². The van der Waals surface area contributed by atoms with Gasteiger partial charge in [0.15, 0.2) is 11.5 Å². The second-order valence-corrected chi connectivity index (χ2v) is 7.57.